The first-order chi connectivity index (χ1) is 14.3. The van der Waals surface area contributed by atoms with E-state index in [1.807, 2.05) is 41.3 Å². The Morgan fingerprint density at radius 1 is 1.20 bits per heavy atom. The van der Waals surface area contributed by atoms with Crippen LogP contribution in [0.15, 0.2) is 53.5 Å². The highest BCUT2D eigenvalue weighted by Gasteiger charge is 2.48. The zero-order chi connectivity index (χ0) is 21.3. The van der Waals surface area contributed by atoms with Crippen LogP contribution in [0.2, 0.25) is 5.02 Å². The standard InChI is InChI=1S/C21H21ClN2O4S2/c1-28-16-8-6-14(7-9-16)11-24-18-12-30(26,27)13-19(18)29-21(24)23-20(25)10-15-4-2-3-5-17(15)22/h2-9,18-19H,10-13H2,1H3. The Morgan fingerprint density at radius 3 is 2.63 bits per heavy atom. The lowest BCUT2D eigenvalue weighted by Gasteiger charge is -2.24. The maximum atomic E-state index is 12.6. The van der Waals surface area contributed by atoms with Crippen molar-refractivity contribution >= 4 is 44.3 Å². The second-order valence-electron chi connectivity index (χ2n) is 7.33. The van der Waals surface area contributed by atoms with Gasteiger partial charge in [0.05, 0.1) is 31.1 Å². The van der Waals surface area contributed by atoms with Crippen molar-refractivity contribution in [3.8, 4) is 5.75 Å². The first kappa shape index (κ1) is 21.2. The number of carbonyl (C=O) groups excluding carboxylic acids is 1. The van der Waals surface area contributed by atoms with Gasteiger partial charge in [-0.1, -0.05) is 53.7 Å². The Balaban J connectivity index is 1.57. The van der Waals surface area contributed by atoms with Gasteiger partial charge in [-0.15, -0.1) is 0 Å². The number of hydrogen-bond acceptors (Lipinski definition) is 5. The molecule has 0 radical (unpaired) electrons. The molecule has 2 aromatic rings. The average Bonchev–Trinajstić information content (AvgIpc) is 3.16. The van der Waals surface area contributed by atoms with Crippen LogP contribution < -0.4 is 4.74 Å². The zero-order valence-corrected chi connectivity index (χ0v) is 18.7. The van der Waals surface area contributed by atoms with E-state index in [0.29, 0.717) is 16.7 Å². The molecule has 2 aliphatic heterocycles. The minimum atomic E-state index is -3.09. The number of halogens is 1. The minimum Gasteiger partial charge on any atom is -0.497 e. The molecule has 2 heterocycles. The quantitative estimate of drug-likeness (QED) is 0.676. The number of aliphatic imine (C=N–C) groups is 1. The van der Waals surface area contributed by atoms with E-state index in [4.69, 9.17) is 16.3 Å². The molecule has 158 valence electrons. The van der Waals surface area contributed by atoms with E-state index < -0.39 is 9.84 Å². The van der Waals surface area contributed by atoms with E-state index >= 15 is 0 Å². The van der Waals surface area contributed by atoms with E-state index in [1.165, 1.54) is 11.8 Å². The number of nitrogens with zero attached hydrogens (tertiary/aromatic N) is 2. The SMILES string of the molecule is COc1ccc(CN2C(=NC(=O)Cc3ccccc3Cl)SC3CS(=O)(=O)CC32)cc1. The highest BCUT2D eigenvalue weighted by atomic mass is 35.5. The van der Waals surface area contributed by atoms with Crippen molar-refractivity contribution in [2.75, 3.05) is 18.6 Å². The Hall–Kier alpha value is -2.03. The second kappa shape index (κ2) is 8.61. The molecule has 2 aliphatic rings. The van der Waals surface area contributed by atoms with Crippen molar-refractivity contribution in [3.05, 3.63) is 64.7 Å². The third-order valence-electron chi connectivity index (χ3n) is 5.21. The molecule has 2 fully saturated rings. The van der Waals surface area contributed by atoms with Crippen LogP contribution in [-0.2, 0) is 27.6 Å². The summed E-state index contributed by atoms with van der Waals surface area (Å²) in [6.07, 6.45) is 0.105. The number of amidine groups is 1. The summed E-state index contributed by atoms with van der Waals surface area (Å²) in [7, 11) is -1.48. The summed E-state index contributed by atoms with van der Waals surface area (Å²) < 4.78 is 29.5. The largest absolute Gasteiger partial charge is 0.497 e. The molecule has 6 nitrogen and oxygen atoms in total. The summed E-state index contributed by atoms with van der Waals surface area (Å²) in [5, 5.41) is 0.996. The molecule has 0 aliphatic carbocycles. The number of hydrogen-bond donors (Lipinski definition) is 0. The van der Waals surface area contributed by atoms with Crippen molar-refractivity contribution < 1.29 is 17.9 Å². The molecule has 0 bridgehead atoms. The predicted octanol–water partition coefficient (Wildman–Crippen LogP) is 3.19. The van der Waals surface area contributed by atoms with Gasteiger partial charge in [-0.25, -0.2) is 8.42 Å². The van der Waals surface area contributed by atoms with Crippen molar-refractivity contribution in [2.45, 2.75) is 24.3 Å². The van der Waals surface area contributed by atoms with Gasteiger partial charge in [0.25, 0.3) is 5.91 Å². The maximum Gasteiger partial charge on any atom is 0.252 e. The molecule has 2 saturated heterocycles. The molecule has 0 spiro atoms. The molecule has 0 N–H and O–H groups in total. The van der Waals surface area contributed by atoms with E-state index in [-0.39, 0.29) is 35.1 Å². The molecule has 1 amide bonds. The molecular weight excluding hydrogens is 444 g/mol. The van der Waals surface area contributed by atoms with Gasteiger partial charge in [-0.2, -0.15) is 4.99 Å². The minimum absolute atomic E-state index is 0.0819. The molecule has 9 heteroatoms. The number of thioether (sulfide) groups is 1. The topological polar surface area (TPSA) is 76.0 Å². The fraction of sp³-hybridized carbons (Fsp3) is 0.333. The average molecular weight is 465 g/mol. The van der Waals surface area contributed by atoms with Crippen LogP contribution in [0.1, 0.15) is 11.1 Å². The first-order valence-corrected chi connectivity index (χ1v) is 12.5. The second-order valence-corrected chi connectivity index (χ2v) is 11.1. The fourth-order valence-electron chi connectivity index (χ4n) is 3.70. The molecular formula is C21H21ClN2O4S2. The van der Waals surface area contributed by atoms with Crippen molar-refractivity contribution in [1.29, 1.82) is 0 Å². The van der Waals surface area contributed by atoms with Gasteiger partial charge in [0.1, 0.15) is 5.75 Å². The number of amides is 1. The van der Waals surface area contributed by atoms with Crippen LogP contribution in [0.5, 0.6) is 5.75 Å². The smallest absolute Gasteiger partial charge is 0.252 e. The first-order valence-electron chi connectivity index (χ1n) is 9.46. The van der Waals surface area contributed by atoms with Gasteiger partial charge in [-0.3, -0.25) is 4.79 Å². The molecule has 2 atom stereocenters. The summed E-state index contributed by atoms with van der Waals surface area (Å²) in [5.41, 5.74) is 1.72. The lowest BCUT2D eigenvalue weighted by atomic mass is 10.1. The third kappa shape index (κ3) is 4.66. The summed E-state index contributed by atoms with van der Waals surface area (Å²) in [5.74, 6) is 0.644. The summed E-state index contributed by atoms with van der Waals surface area (Å²) in [4.78, 5) is 18.9. The van der Waals surface area contributed by atoms with Crippen molar-refractivity contribution in [1.82, 2.24) is 4.90 Å². The van der Waals surface area contributed by atoms with Crippen molar-refractivity contribution in [2.24, 2.45) is 4.99 Å². The van der Waals surface area contributed by atoms with Gasteiger partial charge in [0.2, 0.25) is 0 Å². The van der Waals surface area contributed by atoms with Crippen LogP contribution >= 0.6 is 23.4 Å². The molecule has 2 unspecified atom stereocenters. The predicted molar refractivity (Wildman–Crippen MR) is 120 cm³/mol. The normalized spacial score (nSPS) is 23.5. The number of methoxy groups -OCH3 is 1. The van der Waals surface area contributed by atoms with E-state index in [2.05, 4.69) is 4.99 Å². The lowest BCUT2D eigenvalue weighted by Crippen LogP contribution is -2.37. The Kier molecular flexibility index (Phi) is 6.09. The number of carbonyl (C=O) groups is 1. The van der Waals surface area contributed by atoms with Crippen LogP contribution in [0.3, 0.4) is 0 Å². The summed E-state index contributed by atoms with van der Waals surface area (Å²) in [6.45, 7) is 0.478. The number of rotatable bonds is 5. The van der Waals surface area contributed by atoms with Crippen LogP contribution in [0, 0.1) is 0 Å². The molecule has 4 rings (SSSR count). The Bertz CT molecular complexity index is 1090. The summed E-state index contributed by atoms with van der Waals surface area (Å²) in [6, 6.07) is 14.6. The third-order valence-corrected chi connectivity index (χ3v) is 8.82. The number of ether oxygens (including phenoxy) is 1. The van der Waals surface area contributed by atoms with Gasteiger partial charge in [0.15, 0.2) is 15.0 Å². The number of fused-ring (bicyclic) bond motifs is 1. The van der Waals surface area contributed by atoms with Gasteiger partial charge in [-0.05, 0) is 29.3 Å². The highest BCUT2D eigenvalue weighted by Crippen LogP contribution is 2.39. The Morgan fingerprint density at radius 2 is 1.93 bits per heavy atom. The molecule has 0 aromatic heterocycles. The van der Waals surface area contributed by atoms with Gasteiger partial charge < -0.3 is 9.64 Å². The lowest BCUT2D eigenvalue weighted by molar-refractivity contribution is -0.117. The van der Waals surface area contributed by atoms with Gasteiger partial charge >= 0.3 is 0 Å². The van der Waals surface area contributed by atoms with Gasteiger partial charge in [0, 0.05) is 16.8 Å². The van der Waals surface area contributed by atoms with E-state index in [9.17, 15) is 13.2 Å². The highest BCUT2D eigenvalue weighted by molar-refractivity contribution is 8.15. The monoisotopic (exact) mass is 464 g/mol. The van der Waals surface area contributed by atoms with Crippen LogP contribution in [0.25, 0.3) is 0 Å². The van der Waals surface area contributed by atoms with Crippen LogP contribution in [-0.4, -0.2) is 54.3 Å². The molecule has 0 saturated carbocycles. The number of sulfone groups is 1. The van der Waals surface area contributed by atoms with Crippen LogP contribution in [0.4, 0.5) is 0 Å². The fourth-order valence-corrected chi connectivity index (χ4v) is 7.87. The van der Waals surface area contributed by atoms with Crippen molar-refractivity contribution in [3.63, 3.8) is 0 Å². The number of benzene rings is 2. The summed E-state index contributed by atoms with van der Waals surface area (Å²) >= 11 is 7.54. The maximum absolute atomic E-state index is 12.6. The van der Waals surface area contributed by atoms with E-state index in [0.717, 1.165) is 16.9 Å². The zero-order valence-electron chi connectivity index (χ0n) is 16.3. The van der Waals surface area contributed by atoms with E-state index in [1.54, 1.807) is 19.2 Å². The Labute approximate surface area is 185 Å². The molecule has 2 aromatic carbocycles. The molecule has 30 heavy (non-hydrogen) atoms.